The molecule has 0 saturated carbocycles. The molecule has 7 rings (SSSR count). The first kappa shape index (κ1) is 14.0. The average molecular weight is 397 g/mol. The molecule has 1 nitrogen and oxygen atoms in total. The summed E-state index contributed by atoms with van der Waals surface area (Å²) in [6.45, 7) is 0. The van der Waals surface area contributed by atoms with Crippen molar-refractivity contribution in [3.63, 3.8) is 0 Å². The van der Waals surface area contributed by atoms with E-state index in [2.05, 4.69) is 42.5 Å². The van der Waals surface area contributed by atoms with Gasteiger partial charge in [0, 0.05) is 10.8 Å². The number of benzene rings is 6. The Balaban J connectivity index is 1.78. The molecular weight excluding hydrogens is 376 g/mol. The van der Waals surface area contributed by atoms with Crippen LogP contribution in [0.2, 0.25) is 0 Å². The van der Waals surface area contributed by atoms with Crippen molar-refractivity contribution in [3.8, 4) is 11.1 Å². The zero-order valence-corrected chi connectivity index (χ0v) is 16.6. The van der Waals surface area contributed by atoms with Crippen molar-refractivity contribution < 1.29 is 8.53 Å². The van der Waals surface area contributed by atoms with Crippen molar-refractivity contribution in [2.45, 2.75) is 0 Å². The highest BCUT2D eigenvalue weighted by molar-refractivity contribution is 6.22. The molecule has 0 spiro atoms. The van der Waals surface area contributed by atoms with Crippen LogP contribution >= 0.6 is 0 Å². The van der Waals surface area contributed by atoms with Crippen LogP contribution in [-0.4, -0.2) is 0 Å². The molecule has 0 N–H and O–H groups in total. The van der Waals surface area contributed by atoms with Crippen LogP contribution in [0.15, 0.2) is 114 Å². The van der Waals surface area contributed by atoms with Crippen molar-refractivity contribution in [3.05, 3.63) is 109 Å². The maximum Gasteiger partial charge on any atom is 0.136 e. The van der Waals surface area contributed by atoms with Gasteiger partial charge in [0.25, 0.3) is 0 Å². The predicted molar refractivity (Wildman–Crippen MR) is 132 cm³/mol. The molecule has 0 atom stereocenters. The molecule has 1 aromatic heterocycles. The second-order valence-corrected chi connectivity index (χ2v) is 7.95. The number of hydrogen-bond acceptors (Lipinski definition) is 1. The summed E-state index contributed by atoms with van der Waals surface area (Å²) in [5.74, 6) is 0. The minimum atomic E-state index is -0.122. The quantitative estimate of drug-likeness (QED) is 0.252. The van der Waals surface area contributed by atoms with Crippen LogP contribution in [0.5, 0.6) is 0 Å². The minimum Gasteiger partial charge on any atom is -0.456 e. The predicted octanol–water partition coefficient (Wildman–Crippen LogP) is 8.71. The van der Waals surface area contributed by atoms with Gasteiger partial charge in [-0.25, -0.2) is 0 Å². The Morgan fingerprint density at radius 2 is 1.16 bits per heavy atom. The van der Waals surface area contributed by atoms with Gasteiger partial charge in [-0.2, -0.15) is 0 Å². The Bertz CT molecular complexity index is 1900. The van der Waals surface area contributed by atoms with E-state index in [1.165, 1.54) is 0 Å². The van der Waals surface area contributed by atoms with Crippen LogP contribution in [0.1, 0.15) is 4.11 Å². The van der Waals surface area contributed by atoms with Crippen LogP contribution in [-0.2, 0) is 0 Å². The Morgan fingerprint density at radius 1 is 0.548 bits per heavy atom. The second-order valence-electron chi connectivity index (χ2n) is 7.95. The third-order valence-electron chi connectivity index (χ3n) is 6.19. The van der Waals surface area contributed by atoms with E-state index in [-0.39, 0.29) is 18.1 Å². The summed E-state index contributed by atoms with van der Waals surface area (Å²) < 4.78 is 32.5. The first-order valence-corrected chi connectivity index (χ1v) is 10.4. The molecule has 1 heteroatoms. The highest BCUT2D eigenvalue weighted by Gasteiger charge is 2.17. The lowest BCUT2D eigenvalue weighted by molar-refractivity contribution is 0.669. The van der Waals surface area contributed by atoms with E-state index in [1.807, 2.05) is 48.5 Å². The smallest absolute Gasteiger partial charge is 0.136 e. The SMILES string of the molecule is [2H]c1c([2H])c(-c2c3ccccc3cc3ccccc23)c2c(oc3cc4ccccc4cc32)c1[2H]. The molecule has 1 heterocycles. The summed E-state index contributed by atoms with van der Waals surface area (Å²) in [7, 11) is 0. The zero-order chi connectivity index (χ0) is 23.0. The van der Waals surface area contributed by atoms with Gasteiger partial charge in [0.2, 0.25) is 0 Å². The van der Waals surface area contributed by atoms with Gasteiger partial charge in [-0.05, 0) is 67.7 Å². The van der Waals surface area contributed by atoms with E-state index in [9.17, 15) is 0 Å². The molecule has 6 aromatic carbocycles. The van der Waals surface area contributed by atoms with Crippen molar-refractivity contribution >= 4 is 54.3 Å². The van der Waals surface area contributed by atoms with Crippen LogP contribution in [0.25, 0.3) is 65.4 Å². The Hall–Kier alpha value is -4.10. The van der Waals surface area contributed by atoms with Crippen LogP contribution in [0.3, 0.4) is 0 Å². The monoisotopic (exact) mass is 397 g/mol. The fourth-order valence-electron chi connectivity index (χ4n) is 4.80. The Kier molecular flexibility index (Phi) is 2.80. The third-order valence-corrected chi connectivity index (χ3v) is 6.19. The fraction of sp³-hybridized carbons (Fsp3) is 0. The molecule has 0 saturated heterocycles. The Labute approximate surface area is 183 Å². The lowest BCUT2D eigenvalue weighted by Crippen LogP contribution is -1.86. The molecule has 0 bridgehead atoms. The minimum absolute atomic E-state index is 0.0476. The van der Waals surface area contributed by atoms with E-state index in [0.717, 1.165) is 48.7 Å². The van der Waals surface area contributed by atoms with Gasteiger partial charge >= 0.3 is 0 Å². The van der Waals surface area contributed by atoms with E-state index in [0.29, 0.717) is 16.7 Å². The first-order valence-electron chi connectivity index (χ1n) is 11.9. The van der Waals surface area contributed by atoms with E-state index in [1.54, 1.807) is 0 Å². The summed E-state index contributed by atoms with van der Waals surface area (Å²) in [5, 5.41) is 7.89. The first-order chi connectivity index (χ1) is 16.6. The van der Waals surface area contributed by atoms with E-state index >= 15 is 0 Å². The van der Waals surface area contributed by atoms with Gasteiger partial charge in [-0.1, -0.05) is 84.9 Å². The van der Waals surface area contributed by atoms with Crippen molar-refractivity contribution in [2.24, 2.45) is 0 Å². The lowest BCUT2D eigenvalue weighted by atomic mass is 9.90. The zero-order valence-electron chi connectivity index (χ0n) is 19.6. The van der Waals surface area contributed by atoms with Crippen LogP contribution in [0, 0.1) is 0 Å². The summed E-state index contributed by atoms with van der Waals surface area (Å²) >= 11 is 0. The highest BCUT2D eigenvalue weighted by atomic mass is 16.3. The maximum atomic E-state index is 9.03. The molecule has 31 heavy (non-hydrogen) atoms. The number of hydrogen-bond donors (Lipinski definition) is 0. The Morgan fingerprint density at radius 3 is 1.87 bits per heavy atom. The summed E-state index contributed by atoms with van der Waals surface area (Å²) in [6.07, 6.45) is 0. The molecule has 0 unspecified atom stereocenters. The summed E-state index contributed by atoms with van der Waals surface area (Å²) in [6, 6.07) is 30.5. The molecule has 7 aromatic rings. The van der Waals surface area contributed by atoms with Gasteiger partial charge in [0.05, 0.1) is 4.11 Å². The van der Waals surface area contributed by atoms with Crippen molar-refractivity contribution in [2.75, 3.05) is 0 Å². The maximum absolute atomic E-state index is 9.03. The third kappa shape index (κ3) is 2.38. The molecular formula is C30H18O. The molecule has 0 aliphatic heterocycles. The molecule has 0 amide bonds. The van der Waals surface area contributed by atoms with Crippen molar-refractivity contribution in [1.82, 2.24) is 0 Å². The number of rotatable bonds is 1. The topological polar surface area (TPSA) is 13.1 Å². The molecule has 0 aliphatic carbocycles. The normalized spacial score (nSPS) is 13.2. The van der Waals surface area contributed by atoms with Crippen LogP contribution in [0.4, 0.5) is 0 Å². The number of fused-ring (bicyclic) bond motifs is 6. The van der Waals surface area contributed by atoms with Gasteiger partial charge < -0.3 is 4.42 Å². The molecule has 0 radical (unpaired) electrons. The van der Waals surface area contributed by atoms with Gasteiger partial charge in [0.1, 0.15) is 11.2 Å². The van der Waals surface area contributed by atoms with Gasteiger partial charge in [-0.3, -0.25) is 0 Å². The highest BCUT2D eigenvalue weighted by Crippen LogP contribution is 2.43. The van der Waals surface area contributed by atoms with Gasteiger partial charge in [0.15, 0.2) is 0 Å². The fourth-order valence-corrected chi connectivity index (χ4v) is 4.80. The second kappa shape index (κ2) is 6.20. The van der Waals surface area contributed by atoms with Crippen LogP contribution < -0.4 is 0 Å². The average Bonchev–Trinajstić information content (AvgIpc) is 3.23. The summed E-state index contributed by atoms with van der Waals surface area (Å²) in [5.41, 5.74) is 2.59. The lowest BCUT2D eigenvalue weighted by Gasteiger charge is -2.13. The molecule has 144 valence electrons. The molecule has 0 aliphatic rings. The standard InChI is InChI=1S/C30H18O/c1-2-9-20-18-28-26(17-19(20)8-1)30-25(14-7-15-27(30)31-28)29-23-12-5-3-10-21(23)16-22-11-4-6-13-24(22)29/h1-18H/i7D,14D,15D. The van der Waals surface area contributed by atoms with E-state index in [4.69, 9.17) is 8.53 Å². The largest absolute Gasteiger partial charge is 0.456 e. The summed E-state index contributed by atoms with van der Waals surface area (Å²) in [4.78, 5) is 0. The molecule has 0 fully saturated rings. The van der Waals surface area contributed by atoms with E-state index < -0.39 is 0 Å². The van der Waals surface area contributed by atoms with Crippen molar-refractivity contribution in [1.29, 1.82) is 0 Å². The van der Waals surface area contributed by atoms with Gasteiger partial charge in [-0.15, -0.1) is 0 Å². The number of furan rings is 1.